The molecule has 0 saturated heterocycles. The van der Waals surface area contributed by atoms with E-state index in [1.54, 1.807) is 0 Å². The highest BCUT2D eigenvalue weighted by Crippen LogP contribution is 2.45. The number of hydrogen-bond donors (Lipinski definition) is 1. The molecule has 2 rings (SSSR count). The van der Waals surface area contributed by atoms with Crippen molar-refractivity contribution in [1.82, 2.24) is 5.32 Å². The fourth-order valence-electron chi connectivity index (χ4n) is 3.46. The van der Waals surface area contributed by atoms with Crippen LogP contribution < -0.4 is 10.1 Å². The van der Waals surface area contributed by atoms with E-state index >= 15 is 0 Å². The normalized spacial score (nSPS) is 20.8. The maximum absolute atomic E-state index is 6.01. The van der Waals surface area contributed by atoms with Gasteiger partial charge in [-0.1, -0.05) is 51.7 Å². The maximum Gasteiger partial charge on any atom is 0.123 e. The van der Waals surface area contributed by atoms with Crippen molar-refractivity contribution in [3.63, 3.8) is 0 Å². The van der Waals surface area contributed by atoms with Gasteiger partial charge in [0.2, 0.25) is 0 Å². The van der Waals surface area contributed by atoms with Crippen LogP contribution in [0, 0.1) is 0 Å². The molecule has 1 aromatic carbocycles. The minimum atomic E-state index is 0.267. The highest BCUT2D eigenvalue weighted by atomic mass is 16.5. The molecule has 1 aliphatic heterocycles. The van der Waals surface area contributed by atoms with Gasteiger partial charge < -0.3 is 10.1 Å². The van der Waals surface area contributed by atoms with Crippen molar-refractivity contribution >= 4 is 0 Å². The molecule has 0 aliphatic carbocycles. The molecule has 1 unspecified atom stereocenters. The Morgan fingerprint density at radius 1 is 1.15 bits per heavy atom. The number of rotatable bonds is 8. The van der Waals surface area contributed by atoms with Crippen LogP contribution in [0.5, 0.6) is 5.75 Å². The summed E-state index contributed by atoms with van der Waals surface area (Å²) in [4.78, 5) is 0. The standard InChI is InChI=1S/C18H29NO/c1-4-6-7-11-18(10-5-2)14-20-17-9-8-15(13-19-3)12-16(17)18/h8-9,12,19H,4-7,10-11,13-14H2,1-3H3. The van der Waals surface area contributed by atoms with Crippen molar-refractivity contribution in [1.29, 1.82) is 0 Å². The first kappa shape index (κ1) is 15.4. The molecule has 0 aromatic heterocycles. The molecule has 112 valence electrons. The van der Waals surface area contributed by atoms with Gasteiger partial charge in [-0.2, -0.15) is 0 Å². The molecule has 0 radical (unpaired) electrons. The summed E-state index contributed by atoms with van der Waals surface area (Å²) in [6, 6.07) is 6.73. The van der Waals surface area contributed by atoms with Crippen molar-refractivity contribution in [3.05, 3.63) is 29.3 Å². The summed E-state index contributed by atoms with van der Waals surface area (Å²) in [6.45, 7) is 6.38. The fourth-order valence-corrected chi connectivity index (χ4v) is 3.46. The summed E-state index contributed by atoms with van der Waals surface area (Å²) in [5, 5.41) is 3.25. The van der Waals surface area contributed by atoms with Crippen LogP contribution in [0.25, 0.3) is 0 Å². The maximum atomic E-state index is 6.01. The van der Waals surface area contributed by atoms with Gasteiger partial charge in [0.05, 0.1) is 6.61 Å². The molecule has 0 saturated carbocycles. The fraction of sp³-hybridized carbons (Fsp3) is 0.667. The molecule has 1 heterocycles. The summed E-state index contributed by atoms with van der Waals surface area (Å²) in [7, 11) is 2.00. The van der Waals surface area contributed by atoms with E-state index in [0.29, 0.717) is 0 Å². The summed E-state index contributed by atoms with van der Waals surface area (Å²) in [5.74, 6) is 1.12. The second-order valence-electron chi connectivity index (χ2n) is 6.14. The molecule has 1 N–H and O–H groups in total. The number of nitrogens with one attached hydrogen (secondary N) is 1. The first-order valence-electron chi connectivity index (χ1n) is 8.16. The molecule has 1 aromatic rings. The first-order valence-corrected chi connectivity index (χ1v) is 8.16. The number of fused-ring (bicyclic) bond motifs is 1. The summed E-state index contributed by atoms with van der Waals surface area (Å²) in [6.07, 6.45) is 7.67. The van der Waals surface area contributed by atoms with Gasteiger partial charge >= 0.3 is 0 Å². The molecule has 2 heteroatoms. The monoisotopic (exact) mass is 275 g/mol. The zero-order valence-corrected chi connectivity index (χ0v) is 13.3. The van der Waals surface area contributed by atoms with Crippen LogP contribution in [0.1, 0.15) is 63.5 Å². The van der Waals surface area contributed by atoms with E-state index in [1.165, 1.54) is 49.7 Å². The van der Waals surface area contributed by atoms with Gasteiger partial charge in [0.25, 0.3) is 0 Å². The molecule has 0 spiro atoms. The smallest absolute Gasteiger partial charge is 0.123 e. The summed E-state index contributed by atoms with van der Waals surface area (Å²) >= 11 is 0. The Morgan fingerprint density at radius 3 is 2.70 bits per heavy atom. The molecular weight excluding hydrogens is 246 g/mol. The average Bonchev–Trinajstić information content (AvgIpc) is 2.79. The van der Waals surface area contributed by atoms with Gasteiger partial charge in [0, 0.05) is 17.5 Å². The van der Waals surface area contributed by atoms with E-state index in [2.05, 4.69) is 37.4 Å². The largest absolute Gasteiger partial charge is 0.492 e. The van der Waals surface area contributed by atoms with Crippen LogP contribution in [0.2, 0.25) is 0 Å². The predicted octanol–water partition coefficient (Wildman–Crippen LogP) is 4.42. The predicted molar refractivity (Wildman–Crippen MR) is 85.4 cm³/mol. The highest BCUT2D eigenvalue weighted by Gasteiger charge is 2.39. The van der Waals surface area contributed by atoms with Crippen LogP contribution >= 0.6 is 0 Å². The molecule has 2 nitrogen and oxygen atoms in total. The Bertz CT molecular complexity index is 425. The van der Waals surface area contributed by atoms with Gasteiger partial charge in [0.15, 0.2) is 0 Å². The van der Waals surface area contributed by atoms with Gasteiger partial charge in [-0.15, -0.1) is 0 Å². The zero-order chi connectivity index (χ0) is 14.4. The molecule has 0 amide bonds. The van der Waals surface area contributed by atoms with Crippen LogP contribution in [-0.4, -0.2) is 13.7 Å². The molecule has 20 heavy (non-hydrogen) atoms. The van der Waals surface area contributed by atoms with Crippen LogP contribution in [-0.2, 0) is 12.0 Å². The Balaban J connectivity index is 2.24. The van der Waals surface area contributed by atoms with E-state index in [9.17, 15) is 0 Å². The van der Waals surface area contributed by atoms with Gasteiger partial charge in [-0.3, -0.25) is 0 Å². The topological polar surface area (TPSA) is 21.3 Å². The number of unbranched alkanes of at least 4 members (excludes halogenated alkanes) is 2. The Morgan fingerprint density at radius 2 is 2.00 bits per heavy atom. The van der Waals surface area contributed by atoms with E-state index in [1.807, 2.05) is 7.05 Å². The van der Waals surface area contributed by atoms with Crippen LogP contribution in [0.15, 0.2) is 18.2 Å². The number of hydrogen-bond acceptors (Lipinski definition) is 2. The lowest BCUT2D eigenvalue weighted by Crippen LogP contribution is -2.28. The van der Waals surface area contributed by atoms with E-state index in [-0.39, 0.29) is 5.41 Å². The number of benzene rings is 1. The lowest BCUT2D eigenvalue weighted by atomic mass is 9.74. The van der Waals surface area contributed by atoms with Crippen molar-refractivity contribution in [2.24, 2.45) is 0 Å². The summed E-state index contributed by atoms with van der Waals surface area (Å²) in [5.41, 5.74) is 3.10. The average molecular weight is 275 g/mol. The van der Waals surface area contributed by atoms with Gasteiger partial charge in [-0.25, -0.2) is 0 Å². The van der Waals surface area contributed by atoms with Crippen molar-refractivity contribution < 1.29 is 4.74 Å². The van der Waals surface area contributed by atoms with Crippen LogP contribution in [0.3, 0.4) is 0 Å². The highest BCUT2D eigenvalue weighted by molar-refractivity contribution is 5.46. The van der Waals surface area contributed by atoms with Crippen molar-refractivity contribution in [2.75, 3.05) is 13.7 Å². The summed E-state index contributed by atoms with van der Waals surface area (Å²) < 4.78 is 6.01. The Kier molecular flexibility index (Phi) is 5.47. The SMILES string of the molecule is CCCCCC1(CCC)COc2ccc(CNC)cc21. The minimum absolute atomic E-state index is 0.267. The van der Waals surface area contributed by atoms with Gasteiger partial charge in [0.1, 0.15) is 5.75 Å². The third kappa shape index (κ3) is 3.17. The van der Waals surface area contributed by atoms with Crippen molar-refractivity contribution in [3.8, 4) is 5.75 Å². The second-order valence-corrected chi connectivity index (χ2v) is 6.14. The molecular formula is C18H29NO. The Labute approximate surface area is 123 Å². The lowest BCUT2D eigenvalue weighted by molar-refractivity contribution is 0.236. The quantitative estimate of drug-likeness (QED) is 0.709. The molecule has 0 bridgehead atoms. The van der Waals surface area contributed by atoms with E-state index < -0.39 is 0 Å². The number of ether oxygens (including phenoxy) is 1. The zero-order valence-electron chi connectivity index (χ0n) is 13.3. The minimum Gasteiger partial charge on any atom is -0.492 e. The Hall–Kier alpha value is -1.02. The lowest BCUT2D eigenvalue weighted by Gasteiger charge is -2.28. The van der Waals surface area contributed by atoms with Crippen molar-refractivity contribution in [2.45, 2.75) is 64.3 Å². The molecule has 1 atom stereocenters. The van der Waals surface area contributed by atoms with E-state index in [0.717, 1.165) is 18.9 Å². The third-order valence-electron chi connectivity index (χ3n) is 4.49. The first-order chi connectivity index (χ1) is 9.75. The second kappa shape index (κ2) is 7.12. The molecule has 1 aliphatic rings. The third-order valence-corrected chi connectivity index (χ3v) is 4.49. The van der Waals surface area contributed by atoms with E-state index in [4.69, 9.17) is 4.74 Å². The molecule has 0 fully saturated rings. The van der Waals surface area contributed by atoms with Gasteiger partial charge in [-0.05, 0) is 31.5 Å². The van der Waals surface area contributed by atoms with Crippen LogP contribution in [0.4, 0.5) is 0 Å².